The normalized spacial score (nSPS) is 13.1. The summed E-state index contributed by atoms with van der Waals surface area (Å²) in [4.78, 5) is 1.06. The van der Waals surface area contributed by atoms with Crippen LogP contribution in [-0.2, 0) is 6.42 Å². The van der Waals surface area contributed by atoms with E-state index < -0.39 is 0 Å². The number of hydrogen-bond donors (Lipinski definition) is 2. The third-order valence-corrected chi connectivity index (χ3v) is 5.03. The van der Waals surface area contributed by atoms with E-state index in [1.807, 2.05) is 11.4 Å². The molecule has 0 radical (unpaired) electrons. The first-order valence-corrected chi connectivity index (χ1v) is 8.18. The van der Waals surface area contributed by atoms with E-state index in [2.05, 4.69) is 41.3 Å². The van der Waals surface area contributed by atoms with Gasteiger partial charge in [0.1, 0.15) is 0 Å². The van der Waals surface area contributed by atoms with Gasteiger partial charge in [0, 0.05) is 17.5 Å². The van der Waals surface area contributed by atoms with E-state index in [0.29, 0.717) is 6.04 Å². The topological polar surface area (TPSA) is 55.9 Å². The molecule has 0 spiro atoms. The molecule has 0 amide bonds. The average molecular weight is 313 g/mol. The molecule has 0 saturated heterocycles. The molecule has 110 valence electrons. The van der Waals surface area contributed by atoms with Crippen LogP contribution in [0.2, 0.25) is 5.02 Å². The molecule has 2 rings (SSSR count). The van der Waals surface area contributed by atoms with Crippen molar-refractivity contribution < 1.29 is 0 Å². The van der Waals surface area contributed by atoms with E-state index in [9.17, 15) is 0 Å². The summed E-state index contributed by atoms with van der Waals surface area (Å²) in [5.41, 5.74) is 3.87. The first-order chi connectivity index (χ1) is 9.69. The van der Waals surface area contributed by atoms with E-state index in [-0.39, 0.29) is 6.04 Å². The summed E-state index contributed by atoms with van der Waals surface area (Å²) >= 11 is 7.78. The summed E-state index contributed by atoms with van der Waals surface area (Å²) in [6.07, 6.45) is 4.97. The molecule has 0 fully saturated rings. The molecule has 3 N–H and O–H groups in total. The SMILES string of the molecule is CCC(CC)n1ccc(CC(NN)c2sccc2Cl)n1. The number of halogens is 1. The van der Waals surface area contributed by atoms with Crippen LogP contribution in [0.25, 0.3) is 0 Å². The number of hydrazine groups is 1. The highest BCUT2D eigenvalue weighted by Gasteiger charge is 2.17. The van der Waals surface area contributed by atoms with E-state index in [0.717, 1.165) is 34.9 Å². The van der Waals surface area contributed by atoms with Crippen LogP contribution in [0.5, 0.6) is 0 Å². The zero-order chi connectivity index (χ0) is 14.5. The number of nitrogens with zero attached hydrogens (tertiary/aromatic N) is 2. The Morgan fingerprint density at radius 2 is 2.15 bits per heavy atom. The van der Waals surface area contributed by atoms with Gasteiger partial charge in [-0.25, -0.2) is 0 Å². The quantitative estimate of drug-likeness (QED) is 0.605. The minimum absolute atomic E-state index is 0.00699. The Kier molecular flexibility index (Phi) is 5.60. The van der Waals surface area contributed by atoms with Crippen LogP contribution in [0.4, 0.5) is 0 Å². The van der Waals surface area contributed by atoms with Gasteiger partial charge in [0.25, 0.3) is 0 Å². The van der Waals surface area contributed by atoms with Crippen LogP contribution in [0, 0.1) is 0 Å². The smallest absolute Gasteiger partial charge is 0.0644 e. The van der Waals surface area contributed by atoms with E-state index in [4.69, 9.17) is 17.4 Å². The number of nitrogens with two attached hydrogens (primary N) is 1. The van der Waals surface area contributed by atoms with E-state index >= 15 is 0 Å². The fraction of sp³-hybridized carbons (Fsp3) is 0.500. The highest BCUT2D eigenvalue weighted by atomic mass is 35.5. The second-order valence-electron chi connectivity index (χ2n) is 4.81. The van der Waals surface area contributed by atoms with Crippen molar-refractivity contribution in [3.63, 3.8) is 0 Å². The molecule has 0 aliphatic rings. The Balaban J connectivity index is 2.11. The molecular formula is C14H21ClN4S. The standard InChI is InChI=1S/C14H21ClN4S/c1-3-11(4-2)19-7-5-10(18-19)9-13(17-16)14-12(15)6-8-20-14/h5-8,11,13,17H,3-4,9,16H2,1-2H3. The highest BCUT2D eigenvalue weighted by Crippen LogP contribution is 2.30. The molecule has 1 atom stereocenters. The van der Waals surface area contributed by atoms with Crippen molar-refractivity contribution in [2.45, 2.75) is 45.2 Å². The van der Waals surface area contributed by atoms with Gasteiger partial charge in [-0.1, -0.05) is 25.4 Å². The van der Waals surface area contributed by atoms with Crippen LogP contribution >= 0.6 is 22.9 Å². The Bertz CT molecular complexity index is 533. The summed E-state index contributed by atoms with van der Waals surface area (Å²) in [5, 5.41) is 7.40. The van der Waals surface area contributed by atoms with Gasteiger partial charge in [0.05, 0.1) is 22.8 Å². The van der Waals surface area contributed by atoms with Gasteiger partial charge in [-0.15, -0.1) is 11.3 Å². The van der Waals surface area contributed by atoms with Crippen LogP contribution in [0.15, 0.2) is 23.7 Å². The van der Waals surface area contributed by atoms with Crippen molar-refractivity contribution in [1.29, 1.82) is 0 Å². The summed E-state index contributed by atoms with van der Waals surface area (Å²) in [6, 6.07) is 4.43. The van der Waals surface area contributed by atoms with Crippen LogP contribution < -0.4 is 11.3 Å². The van der Waals surface area contributed by atoms with E-state index in [1.165, 1.54) is 0 Å². The van der Waals surface area contributed by atoms with Crippen LogP contribution in [-0.4, -0.2) is 9.78 Å². The number of hydrogen-bond acceptors (Lipinski definition) is 4. The molecule has 1 unspecified atom stereocenters. The van der Waals surface area contributed by atoms with Gasteiger partial charge in [-0.2, -0.15) is 5.10 Å². The Morgan fingerprint density at radius 1 is 1.40 bits per heavy atom. The monoisotopic (exact) mass is 312 g/mol. The molecule has 4 nitrogen and oxygen atoms in total. The van der Waals surface area contributed by atoms with Gasteiger partial charge >= 0.3 is 0 Å². The maximum absolute atomic E-state index is 6.17. The Hall–Kier alpha value is -0.880. The summed E-state index contributed by atoms with van der Waals surface area (Å²) in [6.45, 7) is 4.37. The minimum atomic E-state index is 0.00699. The summed E-state index contributed by atoms with van der Waals surface area (Å²) in [5.74, 6) is 5.66. The predicted octanol–water partition coefficient (Wildman–Crippen LogP) is 3.71. The number of aromatic nitrogens is 2. The molecular weight excluding hydrogens is 292 g/mol. The maximum atomic E-state index is 6.17. The second kappa shape index (κ2) is 7.22. The second-order valence-corrected chi connectivity index (χ2v) is 6.17. The third kappa shape index (κ3) is 3.41. The number of nitrogens with one attached hydrogen (secondary N) is 1. The molecule has 2 heterocycles. The molecule has 0 saturated carbocycles. The number of rotatable bonds is 7. The minimum Gasteiger partial charge on any atom is -0.271 e. The molecule has 0 aliphatic carbocycles. The fourth-order valence-electron chi connectivity index (χ4n) is 2.34. The van der Waals surface area contributed by atoms with Gasteiger partial charge in [-0.3, -0.25) is 16.0 Å². The lowest BCUT2D eigenvalue weighted by Crippen LogP contribution is -2.29. The lowest BCUT2D eigenvalue weighted by Gasteiger charge is -2.14. The molecule has 2 aromatic heterocycles. The first kappa shape index (κ1) is 15.5. The molecule has 0 aliphatic heterocycles. The van der Waals surface area contributed by atoms with Crippen molar-refractivity contribution >= 4 is 22.9 Å². The van der Waals surface area contributed by atoms with Gasteiger partial charge in [0.2, 0.25) is 0 Å². The fourth-order valence-corrected chi connectivity index (χ4v) is 3.59. The van der Waals surface area contributed by atoms with Crippen LogP contribution in [0.1, 0.15) is 49.3 Å². The van der Waals surface area contributed by atoms with Crippen molar-refractivity contribution in [2.75, 3.05) is 0 Å². The summed E-state index contributed by atoms with van der Waals surface area (Å²) in [7, 11) is 0. The number of thiophene rings is 1. The van der Waals surface area contributed by atoms with Gasteiger partial charge in [0.15, 0.2) is 0 Å². The van der Waals surface area contributed by atoms with Crippen molar-refractivity contribution in [3.05, 3.63) is 39.3 Å². The van der Waals surface area contributed by atoms with Gasteiger partial charge in [-0.05, 0) is 30.4 Å². The molecule has 0 bridgehead atoms. The van der Waals surface area contributed by atoms with Crippen molar-refractivity contribution in [2.24, 2.45) is 5.84 Å². The average Bonchev–Trinajstić information content (AvgIpc) is 3.07. The lowest BCUT2D eigenvalue weighted by molar-refractivity contribution is 0.423. The van der Waals surface area contributed by atoms with Gasteiger partial charge < -0.3 is 0 Å². The molecule has 6 heteroatoms. The predicted molar refractivity (Wildman–Crippen MR) is 84.9 cm³/mol. The van der Waals surface area contributed by atoms with Crippen LogP contribution in [0.3, 0.4) is 0 Å². The molecule has 0 aromatic carbocycles. The van der Waals surface area contributed by atoms with Crippen molar-refractivity contribution in [1.82, 2.24) is 15.2 Å². The maximum Gasteiger partial charge on any atom is 0.0644 e. The molecule has 20 heavy (non-hydrogen) atoms. The van der Waals surface area contributed by atoms with Crippen molar-refractivity contribution in [3.8, 4) is 0 Å². The first-order valence-electron chi connectivity index (χ1n) is 6.92. The molecule has 2 aromatic rings. The van der Waals surface area contributed by atoms with E-state index in [1.54, 1.807) is 11.3 Å². The Labute approximate surface area is 128 Å². The highest BCUT2D eigenvalue weighted by molar-refractivity contribution is 7.10. The zero-order valence-corrected chi connectivity index (χ0v) is 13.4. The third-order valence-electron chi connectivity index (χ3n) is 3.56. The zero-order valence-electron chi connectivity index (χ0n) is 11.8. The summed E-state index contributed by atoms with van der Waals surface area (Å²) < 4.78 is 2.05. The Morgan fingerprint density at radius 3 is 2.70 bits per heavy atom. The largest absolute Gasteiger partial charge is 0.271 e. The lowest BCUT2D eigenvalue weighted by atomic mass is 10.1.